The minimum atomic E-state index is -0.921. The zero-order valence-electron chi connectivity index (χ0n) is 8.74. The van der Waals surface area contributed by atoms with E-state index >= 15 is 0 Å². The summed E-state index contributed by atoms with van der Waals surface area (Å²) in [6.07, 6.45) is 2.40. The molecule has 0 radical (unpaired) electrons. The molecule has 15 heavy (non-hydrogen) atoms. The molecule has 0 saturated heterocycles. The van der Waals surface area contributed by atoms with Crippen LogP contribution in [-0.4, -0.2) is 35.4 Å². The molecule has 84 valence electrons. The van der Waals surface area contributed by atoms with Crippen LogP contribution in [0.15, 0.2) is 22.3 Å². The van der Waals surface area contributed by atoms with Gasteiger partial charge in [-0.05, 0) is 35.9 Å². The normalized spacial score (nSPS) is 20.8. The van der Waals surface area contributed by atoms with E-state index in [1.807, 2.05) is 6.92 Å². The Morgan fingerprint density at radius 2 is 2.33 bits per heavy atom. The van der Waals surface area contributed by atoms with Crippen LogP contribution in [0.5, 0.6) is 0 Å². The average molecular weight is 276 g/mol. The van der Waals surface area contributed by atoms with Crippen molar-refractivity contribution >= 4 is 21.9 Å². The van der Waals surface area contributed by atoms with Gasteiger partial charge in [0.15, 0.2) is 6.23 Å². The summed E-state index contributed by atoms with van der Waals surface area (Å²) in [6.45, 7) is 4.55. The molecule has 0 aromatic heterocycles. The van der Waals surface area contributed by atoms with E-state index in [1.54, 1.807) is 24.1 Å². The van der Waals surface area contributed by atoms with E-state index in [4.69, 9.17) is 4.74 Å². The lowest BCUT2D eigenvalue weighted by Gasteiger charge is -2.29. The molecule has 0 aromatic carbocycles. The van der Waals surface area contributed by atoms with Gasteiger partial charge in [0, 0.05) is 17.2 Å². The van der Waals surface area contributed by atoms with E-state index < -0.39 is 12.2 Å². The first-order chi connectivity index (χ1) is 7.10. The molecule has 0 spiro atoms. The topological polar surface area (TPSA) is 49.8 Å². The van der Waals surface area contributed by atoms with E-state index in [0.717, 1.165) is 4.48 Å². The van der Waals surface area contributed by atoms with Gasteiger partial charge in [0.1, 0.15) is 0 Å². The third-order valence-electron chi connectivity index (χ3n) is 2.05. The lowest BCUT2D eigenvalue weighted by molar-refractivity contribution is -0.140. The zero-order valence-corrected chi connectivity index (χ0v) is 10.3. The van der Waals surface area contributed by atoms with Crippen molar-refractivity contribution in [3.8, 4) is 0 Å². The molecule has 0 fully saturated rings. The summed E-state index contributed by atoms with van der Waals surface area (Å²) < 4.78 is 5.60. The Hall–Kier alpha value is -0.810. The predicted octanol–water partition coefficient (Wildman–Crippen LogP) is 1.37. The summed E-state index contributed by atoms with van der Waals surface area (Å²) in [5.41, 5.74) is 0.257. The summed E-state index contributed by atoms with van der Waals surface area (Å²) in [5, 5.41) is 9.83. The number of rotatable bonds is 3. The molecular formula is C10H14BrNO3. The minimum Gasteiger partial charge on any atom is -0.463 e. The van der Waals surface area contributed by atoms with Crippen molar-refractivity contribution in [3.05, 3.63) is 22.3 Å². The molecule has 0 aliphatic carbocycles. The number of halogens is 1. The van der Waals surface area contributed by atoms with Crippen molar-refractivity contribution < 1.29 is 14.6 Å². The standard InChI is InChI=1S/C10H14BrNO3/c1-3-12-6-7(11)5-8(9(12)13)10(14)15-4-2/h5-6,9,13H,3-4H2,1-2H3. The molecule has 1 atom stereocenters. The summed E-state index contributed by atoms with van der Waals surface area (Å²) in [7, 11) is 0. The molecular weight excluding hydrogens is 262 g/mol. The Labute approximate surface area is 97.3 Å². The highest BCUT2D eigenvalue weighted by atomic mass is 79.9. The highest BCUT2D eigenvalue weighted by Crippen LogP contribution is 2.23. The lowest BCUT2D eigenvalue weighted by atomic mass is 10.1. The zero-order chi connectivity index (χ0) is 11.4. The van der Waals surface area contributed by atoms with Gasteiger partial charge in [0.25, 0.3) is 0 Å². The van der Waals surface area contributed by atoms with Crippen LogP contribution in [-0.2, 0) is 9.53 Å². The maximum atomic E-state index is 11.5. The highest BCUT2D eigenvalue weighted by Gasteiger charge is 2.26. The Bertz CT molecular complexity index is 312. The van der Waals surface area contributed by atoms with Gasteiger partial charge in [-0.1, -0.05) is 0 Å². The summed E-state index contributed by atoms with van der Waals surface area (Å²) in [6, 6.07) is 0. The van der Waals surface area contributed by atoms with Crippen molar-refractivity contribution in [3.63, 3.8) is 0 Å². The molecule has 0 bridgehead atoms. The Balaban J connectivity index is 2.87. The number of nitrogens with zero attached hydrogens (tertiary/aromatic N) is 1. The van der Waals surface area contributed by atoms with Crippen molar-refractivity contribution in [2.75, 3.05) is 13.2 Å². The second-order valence-corrected chi connectivity index (χ2v) is 3.95. The van der Waals surface area contributed by atoms with Crippen molar-refractivity contribution in [2.24, 2.45) is 0 Å². The number of ether oxygens (including phenoxy) is 1. The van der Waals surface area contributed by atoms with E-state index in [0.29, 0.717) is 13.2 Å². The minimum absolute atomic E-state index is 0.257. The van der Waals surface area contributed by atoms with E-state index in [9.17, 15) is 9.90 Å². The number of aliphatic hydroxyl groups excluding tert-OH is 1. The molecule has 1 aliphatic heterocycles. The van der Waals surface area contributed by atoms with Gasteiger partial charge in [-0.3, -0.25) is 0 Å². The number of likely N-dealkylation sites (N-methyl/N-ethyl adjacent to an activating group) is 1. The maximum absolute atomic E-state index is 11.5. The fourth-order valence-electron chi connectivity index (χ4n) is 1.31. The fourth-order valence-corrected chi connectivity index (χ4v) is 1.82. The summed E-state index contributed by atoms with van der Waals surface area (Å²) in [5.74, 6) is -0.478. The van der Waals surface area contributed by atoms with Crippen molar-refractivity contribution in [1.29, 1.82) is 0 Å². The second kappa shape index (κ2) is 5.32. The van der Waals surface area contributed by atoms with Crippen LogP contribution in [0.4, 0.5) is 0 Å². The molecule has 5 heteroatoms. The molecule has 1 N–H and O–H groups in total. The van der Waals surface area contributed by atoms with Crippen LogP contribution in [0.1, 0.15) is 13.8 Å². The number of aliphatic hydroxyl groups is 1. The largest absolute Gasteiger partial charge is 0.463 e. The van der Waals surface area contributed by atoms with Gasteiger partial charge in [0.05, 0.1) is 12.2 Å². The van der Waals surface area contributed by atoms with Crippen LogP contribution in [0.25, 0.3) is 0 Å². The Morgan fingerprint density at radius 3 is 2.87 bits per heavy atom. The number of hydrogen-bond acceptors (Lipinski definition) is 4. The van der Waals surface area contributed by atoms with Gasteiger partial charge >= 0.3 is 5.97 Å². The van der Waals surface area contributed by atoms with Gasteiger partial charge in [-0.15, -0.1) is 0 Å². The number of carbonyl (C=O) groups is 1. The fraction of sp³-hybridized carbons (Fsp3) is 0.500. The number of allylic oxidation sites excluding steroid dienone is 2. The van der Waals surface area contributed by atoms with Gasteiger partial charge in [0.2, 0.25) is 0 Å². The first-order valence-electron chi connectivity index (χ1n) is 4.80. The molecule has 1 aliphatic rings. The quantitative estimate of drug-likeness (QED) is 0.791. The molecule has 1 unspecified atom stereocenters. The third-order valence-corrected chi connectivity index (χ3v) is 2.48. The second-order valence-electron chi connectivity index (χ2n) is 3.04. The first-order valence-corrected chi connectivity index (χ1v) is 5.59. The Kier molecular flexibility index (Phi) is 4.35. The van der Waals surface area contributed by atoms with Gasteiger partial charge in [-0.25, -0.2) is 4.79 Å². The number of carbonyl (C=O) groups excluding carboxylic acids is 1. The predicted molar refractivity (Wildman–Crippen MR) is 60.1 cm³/mol. The number of hydrogen-bond donors (Lipinski definition) is 1. The van der Waals surface area contributed by atoms with Crippen molar-refractivity contribution in [1.82, 2.24) is 4.90 Å². The van der Waals surface area contributed by atoms with E-state index in [-0.39, 0.29) is 5.57 Å². The maximum Gasteiger partial charge on any atom is 0.338 e. The van der Waals surface area contributed by atoms with Gasteiger partial charge in [-0.2, -0.15) is 0 Å². The van der Waals surface area contributed by atoms with Crippen LogP contribution in [0, 0.1) is 0 Å². The molecule has 0 amide bonds. The van der Waals surface area contributed by atoms with Crippen LogP contribution >= 0.6 is 15.9 Å². The number of esters is 1. The molecule has 0 aromatic rings. The SMILES string of the molecule is CCOC(=O)C1=CC(Br)=CN(CC)C1O. The summed E-state index contributed by atoms with van der Waals surface area (Å²) in [4.78, 5) is 13.1. The van der Waals surface area contributed by atoms with Crippen LogP contribution in [0.2, 0.25) is 0 Å². The molecule has 1 rings (SSSR count). The van der Waals surface area contributed by atoms with E-state index in [2.05, 4.69) is 15.9 Å². The highest BCUT2D eigenvalue weighted by molar-refractivity contribution is 9.11. The molecule has 4 nitrogen and oxygen atoms in total. The molecule has 1 heterocycles. The van der Waals surface area contributed by atoms with Crippen LogP contribution < -0.4 is 0 Å². The first kappa shape index (κ1) is 12.3. The smallest absolute Gasteiger partial charge is 0.338 e. The van der Waals surface area contributed by atoms with Crippen LogP contribution in [0.3, 0.4) is 0 Å². The lowest BCUT2D eigenvalue weighted by Crippen LogP contribution is -2.37. The Morgan fingerprint density at radius 1 is 1.67 bits per heavy atom. The van der Waals surface area contributed by atoms with E-state index in [1.165, 1.54) is 0 Å². The monoisotopic (exact) mass is 275 g/mol. The van der Waals surface area contributed by atoms with Crippen molar-refractivity contribution in [2.45, 2.75) is 20.1 Å². The third kappa shape index (κ3) is 2.82. The average Bonchev–Trinajstić information content (AvgIpc) is 2.21. The molecule has 0 saturated carbocycles. The van der Waals surface area contributed by atoms with Gasteiger partial charge < -0.3 is 14.7 Å². The summed E-state index contributed by atoms with van der Waals surface area (Å²) >= 11 is 3.28.